The molecule has 0 saturated carbocycles. The van der Waals surface area contributed by atoms with Crippen LogP contribution in [0.5, 0.6) is 11.5 Å². The van der Waals surface area contributed by atoms with Crippen molar-refractivity contribution in [1.29, 1.82) is 0 Å². The van der Waals surface area contributed by atoms with Crippen molar-refractivity contribution in [2.45, 2.75) is 13.0 Å². The van der Waals surface area contributed by atoms with Crippen molar-refractivity contribution in [3.05, 3.63) is 47.0 Å². The van der Waals surface area contributed by atoms with Crippen LogP contribution in [0.4, 0.5) is 0 Å². The molecule has 4 nitrogen and oxygen atoms in total. The second-order valence-corrected chi connectivity index (χ2v) is 4.45. The molecule has 0 fully saturated rings. The molecule has 2 aromatic rings. The van der Waals surface area contributed by atoms with Gasteiger partial charge in [-0.3, -0.25) is 9.97 Å². The van der Waals surface area contributed by atoms with Crippen LogP contribution in [0, 0.1) is 0 Å². The number of aromatic nitrogens is 2. The van der Waals surface area contributed by atoms with Gasteiger partial charge >= 0.3 is 0 Å². The van der Waals surface area contributed by atoms with Gasteiger partial charge in [-0.25, -0.2) is 0 Å². The first-order chi connectivity index (χ1) is 8.15. The second-order valence-electron chi connectivity index (χ2n) is 3.54. The minimum atomic E-state index is -0.573. The lowest BCUT2D eigenvalue weighted by Gasteiger charge is -2.07. The smallest absolute Gasteiger partial charge is 0.146 e. The molecule has 0 amide bonds. The molecule has 88 valence electrons. The van der Waals surface area contributed by atoms with Crippen LogP contribution >= 0.6 is 15.9 Å². The van der Waals surface area contributed by atoms with Gasteiger partial charge in [0.2, 0.25) is 0 Å². The Morgan fingerprint density at radius 3 is 2.65 bits per heavy atom. The third kappa shape index (κ3) is 3.25. The predicted octanol–water partition coefficient (Wildman–Crippen LogP) is 3.08. The largest absolute Gasteiger partial charge is 0.454 e. The average Bonchev–Trinajstić information content (AvgIpc) is 2.29. The topological polar surface area (TPSA) is 55.2 Å². The lowest BCUT2D eigenvalue weighted by Crippen LogP contribution is -1.95. The first kappa shape index (κ1) is 12.0. The lowest BCUT2D eigenvalue weighted by molar-refractivity contribution is 0.194. The number of halogens is 1. The van der Waals surface area contributed by atoms with Crippen molar-refractivity contribution >= 4 is 15.9 Å². The summed E-state index contributed by atoms with van der Waals surface area (Å²) in [7, 11) is 0. The van der Waals surface area contributed by atoms with E-state index in [0.29, 0.717) is 17.2 Å². The molecule has 0 bridgehead atoms. The molecular weight excluding hydrogens is 284 g/mol. The van der Waals surface area contributed by atoms with Gasteiger partial charge in [-0.15, -0.1) is 0 Å². The molecule has 1 atom stereocenters. The highest BCUT2D eigenvalue weighted by molar-refractivity contribution is 9.10. The van der Waals surface area contributed by atoms with E-state index in [1.54, 1.807) is 37.6 Å². The number of pyridine rings is 2. The van der Waals surface area contributed by atoms with Crippen LogP contribution in [0.1, 0.15) is 18.7 Å². The quantitative estimate of drug-likeness (QED) is 0.945. The van der Waals surface area contributed by atoms with Crippen LogP contribution < -0.4 is 4.74 Å². The molecule has 0 saturated heterocycles. The summed E-state index contributed by atoms with van der Waals surface area (Å²) in [6.45, 7) is 1.67. The van der Waals surface area contributed by atoms with Gasteiger partial charge in [0, 0.05) is 10.7 Å². The molecule has 0 aromatic carbocycles. The Morgan fingerprint density at radius 1 is 1.24 bits per heavy atom. The highest BCUT2D eigenvalue weighted by Crippen LogP contribution is 2.23. The molecule has 0 radical (unpaired) electrons. The van der Waals surface area contributed by atoms with Gasteiger partial charge in [-0.1, -0.05) is 0 Å². The molecule has 2 aromatic heterocycles. The number of hydrogen-bond donors (Lipinski definition) is 1. The van der Waals surface area contributed by atoms with Crippen LogP contribution in [0.3, 0.4) is 0 Å². The molecule has 0 aliphatic carbocycles. The van der Waals surface area contributed by atoms with Crippen molar-refractivity contribution in [3.8, 4) is 11.5 Å². The van der Waals surface area contributed by atoms with E-state index in [1.807, 2.05) is 6.07 Å². The molecule has 0 aliphatic heterocycles. The molecule has 2 heterocycles. The molecule has 0 unspecified atom stereocenters. The van der Waals surface area contributed by atoms with Crippen molar-refractivity contribution < 1.29 is 9.84 Å². The maximum Gasteiger partial charge on any atom is 0.146 e. The summed E-state index contributed by atoms with van der Waals surface area (Å²) in [6, 6.07) is 5.30. The van der Waals surface area contributed by atoms with Crippen LogP contribution in [0.2, 0.25) is 0 Å². The molecular formula is C12H11BrN2O2. The Balaban J connectivity index is 2.14. The summed E-state index contributed by atoms with van der Waals surface area (Å²) >= 11 is 3.31. The van der Waals surface area contributed by atoms with E-state index in [1.165, 1.54) is 0 Å². The van der Waals surface area contributed by atoms with E-state index in [-0.39, 0.29) is 0 Å². The predicted molar refractivity (Wildman–Crippen MR) is 66.9 cm³/mol. The molecule has 0 spiro atoms. The summed E-state index contributed by atoms with van der Waals surface area (Å²) in [5.41, 5.74) is 0.615. The Morgan fingerprint density at radius 2 is 2.06 bits per heavy atom. The maximum atomic E-state index is 9.32. The maximum absolute atomic E-state index is 9.32. The first-order valence-corrected chi connectivity index (χ1v) is 5.87. The number of aliphatic hydroxyl groups is 1. The Bertz CT molecular complexity index is 500. The van der Waals surface area contributed by atoms with E-state index >= 15 is 0 Å². The van der Waals surface area contributed by atoms with Gasteiger partial charge in [-0.2, -0.15) is 0 Å². The van der Waals surface area contributed by atoms with Gasteiger partial charge in [0.05, 0.1) is 24.2 Å². The second kappa shape index (κ2) is 5.25. The zero-order valence-electron chi connectivity index (χ0n) is 9.17. The Hall–Kier alpha value is -1.46. The first-order valence-electron chi connectivity index (χ1n) is 5.07. The van der Waals surface area contributed by atoms with E-state index in [4.69, 9.17) is 4.74 Å². The van der Waals surface area contributed by atoms with Crippen molar-refractivity contribution in [2.24, 2.45) is 0 Å². The van der Waals surface area contributed by atoms with Crippen LogP contribution in [0.25, 0.3) is 0 Å². The van der Waals surface area contributed by atoms with Gasteiger partial charge in [0.15, 0.2) is 0 Å². The zero-order chi connectivity index (χ0) is 12.3. The number of hydrogen-bond acceptors (Lipinski definition) is 4. The minimum absolute atomic E-state index is 0.573. The minimum Gasteiger partial charge on any atom is -0.454 e. The normalized spacial score (nSPS) is 12.2. The molecule has 1 N–H and O–H groups in total. The third-order valence-corrected chi connectivity index (χ3v) is 2.54. The fourth-order valence-electron chi connectivity index (χ4n) is 1.28. The number of rotatable bonds is 3. The summed E-state index contributed by atoms with van der Waals surface area (Å²) in [5, 5.41) is 9.32. The van der Waals surface area contributed by atoms with Gasteiger partial charge in [-0.05, 0) is 41.1 Å². The lowest BCUT2D eigenvalue weighted by atomic mass is 10.2. The van der Waals surface area contributed by atoms with Crippen molar-refractivity contribution in [3.63, 3.8) is 0 Å². The summed E-state index contributed by atoms with van der Waals surface area (Å²) in [6.07, 6.45) is 4.30. The summed E-state index contributed by atoms with van der Waals surface area (Å²) in [4.78, 5) is 8.08. The summed E-state index contributed by atoms with van der Waals surface area (Å²) in [5.74, 6) is 1.24. The van der Waals surface area contributed by atoms with Crippen LogP contribution in [0.15, 0.2) is 41.3 Å². The van der Waals surface area contributed by atoms with Gasteiger partial charge in [0.25, 0.3) is 0 Å². The van der Waals surface area contributed by atoms with Crippen molar-refractivity contribution in [1.82, 2.24) is 9.97 Å². The highest BCUT2D eigenvalue weighted by Gasteiger charge is 2.03. The van der Waals surface area contributed by atoms with E-state index in [9.17, 15) is 5.11 Å². The molecule has 17 heavy (non-hydrogen) atoms. The molecule has 2 rings (SSSR count). The molecule has 0 aliphatic rings. The fraction of sp³-hybridized carbons (Fsp3) is 0.167. The number of aliphatic hydroxyl groups excluding tert-OH is 1. The summed E-state index contributed by atoms with van der Waals surface area (Å²) < 4.78 is 6.41. The number of nitrogens with zero attached hydrogens (tertiary/aromatic N) is 2. The third-order valence-electron chi connectivity index (χ3n) is 2.10. The average molecular weight is 295 g/mol. The van der Waals surface area contributed by atoms with E-state index in [2.05, 4.69) is 25.9 Å². The number of ether oxygens (including phenoxy) is 1. The van der Waals surface area contributed by atoms with Crippen LogP contribution in [-0.2, 0) is 0 Å². The van der Waals surface area contributed by atoms with Crippen LogP contribution in [-0.4, -0.2) is 15.1 Å². The standard InChI is InChI=1S/C12H11BrN2O2/c1-8(16)12-3-2-10(7-15-12)17-11-4-9(13)5-14-6-11/h2-8,16H,1H3/t8-/m1/s1. The highest BCUT2D eigenvalue weighted by atomic mass is 79.9. The Kier molecular flexibility index (Phi) is 3.71. The van der Waals surface area contributed by atoms with Gasteiger partial charge in [0.1, 0.15) is 11.5 Å². The fourth-order valence-corrected chi connectivity index (χ4v) is 1.63. The monoisotopic (exact) mass is 294 g/mol. The van der Waals surface area contributed by atoms with Crippen molar-refractivity contribution in [2.75, 3.05) is 0 Å². The Labute approximate surface area is 107 Å². The zero-order valence-corrected chi connectivity index (χ0v) is 10.8. The van der Waals surface area contributed by atoms with E-state index in [0.717, 1.165) is 4.47 Å². The van der Waals surface area contributed by atoms with Gasteiger partial charge < -0.3 is 9.84 Å². The SMILES string of the molecule is C[C@@H](O)c1ccc(Oc2cncc(Br)c2)cn1. The van der Waals surface area contributed by atoms with E-state index < -0.39 is 6.10 Å². The molecule has 5 heteroatoms.